The first-order valence-corrected chi connectivity index (χ1v) is 7.13. The molecule has 2 rings (SSSR count). The van der Waals surface area contributed by atoms with Gasteiger partial charge in [0.2, 0.25) is 0 Å². The molecule has 120 valence electrons. The molecule has 0 fully saturated rings. The maximum absolute atomic E-state index is 12.3. The van der Waals surface area contributed by atoms with Crippen molar-refractivity contribution in [1.82, 2.24) is 23.6 Å². The molecule has 0 saturated carbocycles. The molecule has 2 aromatic rings. The lowest BCUT2D eigenvalue weighted by molar-refractivity contribution is 0.604. The normalized spacial score (nSPS) is 12.1. The summed E-state index contributed by atoms with van der Waals surface area (Å²) in [5.41, 5.74) is 0.191. The molecule has 0 atom stereocenters. The highest BCUT2D eigenvalue weighted by molar-refractivity contribution is 5.79. The fraction of sp³-hybridized carbons (Fsp3) is 0.571. The van der Waals surface area contributed by atoms with Crippen LogP contribution in [-0.2, 0) is 20.6 Å². The maximum atomic E-state index is 12.3. The lowest BCUT2D eigenvalue weighted by atomic mass is 10.4. The molecule has 0 unspecified atom stereocenters. The van der Waals surface area contributed by atoms with Gasteiger partial charge in [-0.25, -0.2) is 9.78 Å². The van der Waals surface area contributed by atoms with Gasteiger partial charge in [-0.05, 0) is 13.3 Å². The zero-order valence-electron chi connectivity index (χ0n) is 13.7. The Morgan fingerprint density at radius 1 is 1.27 bits per heavy atom. The van der Waals surface area contributed by atoms with E-state index in [0.29, 0.717) is 24.3 Å². The third-order valence-electron chi connectivity index (χ3n) is 3.76. The highest BCUT2D eigenvalue weighted by atomic mass is 16.2. The number of aliphatic imine (C=N–C) groups is 1. The molecule has 2 aromatic heterocycles. The van der Waals surface area contributed by atoms with Gasteiger partial charge in [0.15, 0.2) is 11.2 Å². The van der Waals surface area contributed by atoms with Crippen LogP contribution in [0, 0.1) is 0 Å². The Bertz CT molecular complexity index is 824. The van der Waals surface area contributed by atoms with Crippen LogP contribution >= 0.6 is 0 Å². The summed E-state index contributed by atoms with van der Waals surface area (Å²) in [6, 6.07) is 0. The van der Waals surface area contributed by atoms with E-state index in [-0.39, 0.29) is 11.2 Å². The van der Waals surface area contributed by atoms with E-state index in [9.17, 15) is 9.59 Å². The molecule has 0 radical (unpaired) electrons. The van der Waals surface area contributed by atoms with E-state index in [1.165, 1.54) is 11.6 Å². The highest BCUT2D eigenvalue weighted by Crippen LogP contribution is 2.06. The first-order valence-electron chi connectivity index (χ1n) is 7.13. The molecule has 0 aliphatic heterocycles. The van der Waals surface area contributed by atoms with Gasteiger partial charge in [0.1, 0.15) is 0 Å². The molecular formula is C14H22N6O2. The molecule has 8 nitrogen and oxygen atoms in total. The van der Waals surface area contributed by atoms with Crippen molar-refractivity contribution in [2.24, 2.45) is 19.1 Å². The Hall–Kier alpha value is -2.38. The maximum Gasteiger partial charge on any atom is 0.332 e. The minimum Gasteiger partial charge on any atom is -0.367 e. The van der Waals surface area contributed by atoms with Gasteiger partial charge >= 0.3 is 5.69 Å². The number of fused-ring (bicyclic) bond motifs is 1. The van der Waals surface area contributed by atoms with E-state index >= 15 is 0 Å². The van der Waals surface area contributed by atoms with Crippen LogP contribution in [0.4, 0.5) is 0 Å². The Kier molecular flexibility index (Phi) is 4.48. The predicted molar refractivity (Wildman–Crippen MR) is 86.5 cm³/mol. The quantitative estimate of drug-likeness (QED) is 0.445. The van der Waals surface area contributed by atoms with Crippen molar-refractivity contribution < 1.29 is 0 Å². The van der Waals surface area contributed by atoms with E-state index in [4.69, 9.17) is 0 Å². The number of aryl methyl sites for hydroxylation is 2. The van der Waals surface area contributed by atoms with Gasteiger partial charge in [-0.15, -0.1) is 0 Å². The molecule has 0 spiro atoms. The first-order chi connectivity index (χ1) is 10.3. The Morgan fingerprint density at radius 3 is 2.59 bits per heavy atom. The lowest BCUT2D eigenvalue weighted by Crippen LogP contribution is -2.37. The van der Waals surface area contributed by atoms with Gasteiger partial charge < -0.3 is 9.47 Å². The van der Waals surface area contributed by atoms with Crippen LogP contribution in [-0.4, -0.2) is 50.1 Å². The van der Waals surface area contributed by atoms with Crippen molar-refractivity contribution in [3.05, 3.63) is 27.2 Å². The first kappa shape index (κ1) is 16.0. The summed E-state index contributed by atoms with van der Waals surface area (Å²) >= 11 is 0. The third kappa shape index (κ3) is 2.81. The average molecular weight is 306 g/mol. The van der Waals surface area contributed by atoms with Crippen LogP contribution in [0.15, 0.2) is 20.9 Å². The van der Waals surface area contributed by atoms with Crippen molar-refractivity contribution in [3.8, 4) is 0 Å². The smallest absolute Gasteiger partial charge is 0.332 e. The molecule has 22 heavy (non-hydrogen) atoms. The van der Waals surface area contributed by atoms with Gasteiger partial charge in [-0.3, -0.25) is 18.9 Å². The van der Waals surface area contributed by atoms with Crippen molar-refractivity contribution in [1.29, 1.82) is 0 Å². The molecule has 0 saturated heterocycles. The standard InChI is InChI=1S/C14H22N6O2/c1-10(17(2)3)15-7-6-8-20-9-16-12-11(20)13(21)19(5)14(22)18(12)4/h9H,6-8H2,1-5H3. The summed E-state index contributed by atoms with van der Waals surface area (Å²) < 4.78 is 4.29. The van der Waals surface area contributed by atoms with Crippen LogP contribution in [0.5, 0.6) is 0 Å². The average Bonchev–Trinajstić information content (AvgIpc) is 2.91. The van der Waals surface area contributed by atoms with Crippen LogP contribution in [0.2, 0.25) is 0 Å². The minimum absolute atomic E-state index is 0.316. The van der Waals surface area contributed by atoms with Crippen molar-refractivity contribution >= 4 is 17.0 Å². The number of imidazole rings is 1. The van der Waals surface area contributed by atoms with Crippen molar-refractivity contribution in [3.63, 3.8) is 0 Å². The molecule has 0 bridgehead atoms. The summed E-state index contributed by atoms with van der Waals surface area (Å²) in [5, 5.41) is 0. The Morgan fingerprint density at radius 2 is 1.95 bits per heavy atom. The Labute approximate surface area is 128 Å². The number of hydrogen-bond acceptors (Lipinski definition) is 4. The number of amidine groups is 1. The van der Waals surface area contributed by atoms with E-state index in [1.807, 2.05) is 25.9 Å². The second-order valence-electron chi connectivity index (χ2n) is 5.49. The fourth-order valence-electron chi connectivity index (χ4n) is 2.19. The second-order valence-corrected chi connectivity index (χ2v) is 5.49. The number of hydrogen-bond donors (Lipinski definition) is 0. The SMILES string of the molecule is CC(=NCCCn1cnc2c1c(=O)n(C)c(=O)n2C)N(C)C. The van der Waals surface area contributed by atoms with Gasteiger partial charge in [-0.1, -0.05) is 0 Å². The van der Waals surface area contributed by atoms with Gasteiger partial charge in [-0.2, -0.15) is 0 Å². The predicted octanol–water partition coefficient (Wildman–Crippen LogP) is -0.196. The summed E-state index contributed by atoms with van der Waals surface area (Å²) in [7, 11) is 7.00. The van der Waals surface area contributed by atoms with E-state index < -0.39 is 0 Å². The molecule has 0 aliphatic carbocycles. The minimum atomic E-state index is -0.367. The molecule has 0 N–H and O–H groups in total. The van der Waals surface area contributed by atoms with E-state index in [0.717, 1.165) is 16.8 Å². The van der Waals surface area contributed by atoms with Gasteiger partial charge in [0, 0.05) is 41.3 Å². The number of nitrogens with zero attached hydrogens (tertiary/aromatic N) is 6. The summed E-state index contributed by atoms with van der Waals surface area (Å²) in [6.45, 7) is 3.27. The van der Waals surface area contributed by atoms with E-state index in [1.54, 1.807) is 17.9 Å². The van der Waals surface area contributed by atoms with Crippen molar-refractivity contribution in [2.45, 2.75) is 19.9 Å². The van der Waals surface area contributed by atoms with Gasteiger partial charge in [0.05, 0.1) is 12.2 Å². The molecule has 8 heteroatoms. The summed E-state index contributed by atoms with van der Waals surface area (Å²) in [4.78, 5) is 34.7. The fourth-order valence-corrected chi connectivity index (χ4v) is 2.19. The van der Waals surface area contributed by atoms with Crippen LogP contribution < -0.4 is 11.2 Å². The lowest BCUT2D eigenvalue weighted by Gasteiger charge is -2.11. The summed E-state index contributed by atoms with van der Waals surface area (Å²) in [6.07, 6.45) is 2.40. The highest BCUT2D eigenvalue weighted by Gasteiger charge is 2.13. The second kappa shape index (κ2) is 6.17. The third-order valence-corrected chi connectivity index (χ3v) is 3.76. The monoisotopic (exact) mass is 306 g/mol. The van der Waals surface area contributed by atoms with Gasteiger partial charge in [0.25, 0.3) is 5.56 Å². The van der Waals surface area contributed by atoms with E-state index in [2.05, 4.69) is 9.98 Å². The zero-order valence-corrected chi connectivity index (χ0v) is 13.7. The summed E-state index contributed by atoms with van der Waals surface area (Å²) in [5.74, 6) is 0.966. The van der Waals surface area contributed by atoms with Crippen LogP contribution in [0.3, 0.4) is 0 Å². The van der Waals surface area contributed by atoms with Crippen LogP contribution in [0.1, 0.15) is 13.3 Å². The molecule has 0 aliphatic rings. The number of rotatable bonds is 4. The van der Waals surface area contributed by atoms with Crippen LogP contribution in [0.25, 0.3) is 11.2 Å². The largest absolute Gasteiger partial charge is 0.367 e. The van der Waals surface area contributed by atoms with Crippen molar-refractivity contribution in [2.75, 3.05) is 20.6 Å². The molecular weight excluding hydrogens is 284 g/mol. The Balaban J connectivity index is 2.26. The zero-order chi connectivity index (χ0) is 16.4. The molecule has 0 amide bonds. The topological polar surface area (TPSA) is 77.4 Å². The molecule has 2 heterocycles. The number of aromatic nitrogens is 4. The molecule has 0 aromatic carbocycles.